The Morgan fingerprint density at radius 3 is 2.80 bits per heavy atom. The molecule has 1 amide bonds. The predicted octanol–water partition coefficient (Wildman–Crippen LogP) is 0.710. The van der Waals surface area contributed by atoms with Crippen LogP contribution in [-0.2, 0) is 14.8 Å². The Morgan fingerprint density at radius 2 is 2.25 bits per heavy atom. The molecule has 0 spiro atoms. The van der Waals surface area contributed by atoms with Gasteiger partial charge in [-0.15, -0.1) is 11.3 Å². The van der Waals surface area contributed by atoms with Crippen molar-refractivity contribution in [1.29, 1.82) is 0 Å². The Balaban J connectivity index is 1.85. The number of rotatable bonds is 5. The summed E-state index contributed by atoms with van der Waals surface area (Å²) >= 11 is 1.17. The fourth-order valence-corrected chi connectivity index (χ4v) is 4.14. The second-order valence-corrected chi connectivity index (χ2v) is 7.41. The van der Waals surface area contributed by atoms with E-state index in [4.69, 9.17) is 0 Å². The molecule has 2 rings (SSSR count). The van der Waals surface area contributed by atoms with E-state index in [1.165, 1.54) is 22.6 Å². The summed E-state index contributed by atoms with van der Waals surface area (Å²) in [6.07, 6.45) is 0.687. The van der Waals surface area contributed by atoms with Crippen molar-refractivity contribution < 1.29 is 18.0 Å². The predicted molar refractivity (Wildman–Crippen MR) is 75.3 cm³/mol. The van der Waals surface area contributed by atoms with Gasteiger partial charge in [0.1, 0.15) is 5.69 Å². The molecule has 0 radical (unpaired) electrons. The second kappa shape index (κ2) is 5.98. The summed E-state index contributed by atoms with van der Waals surface area (Å²) in [5.41, 5.74) is 0.312. The Morgan fingerprint density at radius 1 is 1.50 bits per heavy atom. The third-order valence-corrected chi connectivity index (χ3v) is 5.62. The molecule has 20 heavy (non-hydrogen) atoms. The zero-order chi connectivity index (χ0) is 14.8. The minimum Gasteiger partial charge on any atom is -0.302 e. The Bertz CT molecular complexity index is 623. The normalized spacial score (nSPS) is 18.1. The summed E-state index contributed by atoms with van der Waals surface area (Å²) in [5.74, 6) is -0.315. The van der Waals surface area contributed by atoms with E-state index in [0.717, 1.165) is 0 Å². The fourth-order valence-electron chi connectivity index (χ4n) is 1.84. The van der Waals surface area contributed by atoms with E-state index in [0.29, 0.717) is 23.8 Å². The highest BCUT2D eigenvalue weighted by molar-refractivity contribution is 7.89. The molecule has 7 nitrogen and oxygen atoms in total. The second-order valence-electron chi connectivity index (χ2n) is 4.46. The lowest BCUT2D eigenvalue weighted by Crippen LogP contribution is -2.29. The van der Waals surface area contributed by atoms with Gasteiger partial charge in [0.25, 0.3) is 0 Å². The van der Waals surface area contributed by atoms with Crippen LogP contribution in [0.15, 0.2) is 5.38 Å². The first-order valence-electron chi connectivity index (χ1n) is 6.12. The Hall–Kier alpha value is -1.32. The van der Waals surface area contributed by atoms with Crippen LogP contribution in [0.3, 0.4) is 0 Å². The van der Waals surface area contributed by atoms with Crippen molar-refractivity contribution in [3.05, 3.63) is 11.1 Å². The van der Waals surface area contributed by atoms with Crippen molar-refractivity contribution in [2.75, 3.05) is 24.2 Å². The lowest BCUT2D eigenvalue weighted by atomic mass is 10.3. The van der Waals surface area contributed by atoms with Crippen LogP contribution in [0, 0.1) is 0 Å². The number of hydrogen-bond acceptors (Lipinski definition) is 6. The molecular weight excluding hydrogens is 302 g/mol. The Labute approximate surface area is 121 Å². The van der Waals surface area contributed by atoms with Crippen LogP contribution in [-0.4, -0.2) is 48.2 Å². The summed E-state index contributed by atoms with van der Waals surface area (Å²) in [4.78, 5) is 26.7. The number of nitrogens with one attached hydrogen (secondary N) is 1. The minimum atomic E-state index is -3.17. The number of hydrogen-bond donors (Lipinski definition) is 1. The number of aromatic nitrogens is 1. The van der Waals surface area contributed by atoms with Gasteiger partial charge in [0.05, 0.1) is 5.75 Å². The van der Waals surface area contributed by atoms with Gasteiger partial charge in [-0.25, -0.2) is 17.7 Å². The molecule has 1 saturated heterocycles. The molecule has 1 N–H and O–H groups in total. The Kier molecular flexibility index (Phi) is 4.51. The molecular formula is C11H15N3O4S2. The van der Waals surface area contributed by atoms with E-state index < -0.39 is 10.0 Å². The van der Waals surface area contributed by atoms with E-state index in [-0.39, 0.29) is 30.4 Å². The number of thiazole rings is 1. The maximum absolute atomic E-state index is 11.7. The number of amides is 1. The van der Waals surface area contributed by atoms with Gasteiger partial charge < -0.3 is 5.32 Å². The number of nitrogens with zero attached hydrogens (tertiary/aromatic N) is 2. The number of anilines is 1. The highest BCUT2D eigenvalue weighted by Gasteiger charge is 2.28. The average molecular weight is 317 g/mol. The lowest BCUT2D eigenvalue weighted by molar-refractivity contribution is -0.116. The third-order valence-electron chi connectivity index (χ3n) is 2.90. The molecule has 0 aromatic carbocycles. The first-order chi connectivity index (χ1) is 9.38. The smallest absolute Gasteiger partial charge is 0.227 e. The molecule has 1 fully saturated rings. The van der Waals surface area contributed by atoms with Crippen molar-refractivity contribution in [2.45, 2.75) is 19.8 Å². The van der Waals surface area contributed by atoms with Gasteiger partial charge in [-0.05, 0) is 6.42 Å². The standard InChI is InChI=1S/C11H15N3O4S2/c1-8(15)9-7-19-11(12-9)13-10(16)3-5-14-4-2-6-20(14,17)18/h7H,2-6H2,1H3,(H,12,13,16). The quantitative estimate of drug-likeness (QED) is 0.807. The maximum atomic E-state index is 11.7. The highest BCUT2D eigenvalue weighted by Crippen LogP contribution is 2.17. The van der Waals surface area contributed by atoms with Crippen LogP contribution in [0.4, 0.5) is 5.13 Å². The third kappa shape index (κ3) is 3.62. The molecule has 2 heterocycles. The molecule has 0 atom stereocenters. The zero-order valence-corrected chi connectivity index (χ0v) is 12.6. The maximum Gasteiger partial charge on any atom is 0.227 e. The molecule has 0 aliphatic carbocycles. The van der Waals surface area contributed by atoms with Crippen molar-refractivity contribution >= 4 is 38.2 Å². The van der Waals surface area contributed by atoms with Crippen LogP contribution in [0.25, 0.3) is 0 Å². The molecule has 1 aliphatic heterocycles. The van der Waals surface area contributed by atoms with Crippen LogP contribution >= 0.6 is 11.3 Å². The van der Waals surface area contributed by atoms with Crippen molar-refractivity contribution in [3.8, 4) is 0 Å². The van der Waals surface area contributed by atoms with E-state index in [9.17, 15) is 18.0 Å². The van der Waals surface area contributed by atoms with Gasteiger partial charge in [0, 0.05) is 31.8 Å². The van der Waals surface area contributed by atoms with Gasteiger partial charge in [0.15, 0.2) is 10.9 Å². The zero-order valence-electron chi connectivity index (χ0n) is 11.0. The van der Waals surface area contributed by atoms with Gasteiger partial charge in [-0.2, -0.15) is 0 Å². The molecule has 0 unspecified atom stereocenters. The van der Waals surface area contributed by atoms with E-state index >= 15 is 0 Å². The molecule has 0 saturated carbocycles. The first-order valence-corrected chi connectivity index (χ1v) is 8.61. The van der Waals surface area contributed by atoms with E-state index in [1.807, 2.05) is 0 Å². The number of carbonyl (C=O) groups is 2. The van der Waals surface area contributed by atoms with Crippen LogP contribution in [0.1, 0.15) is 30.3 Å². The van der Waals surface area contributed by atoms with Crippen molar-refractivity contribution in [2.24, 2.45) is 0 Å². The SMILES string of the molecule is CC(=O)c1csc(NC(=O)CCN2CCCS2(=O)=O)n1. The molecule has 0 bridgehead atoms. The number of carbonyl (C=O) groups excluding carboxylic acids is 2. The summed E-state index contributed by atoms with van der Waals surface area (Å²) in [7, 11) is -3.17. The average Bonchev–Trinajstić information content (AvgIpc) is 2.93. The van der Waals surface area contributed by atoms with Crippen LogP contribution in [0.5, 0.6) is 0 Å². The van der Waals surface area contributed by atoms with E-state index in [2.05, 4.69) is 10.3 Å². The van der Waals surface area contributed by atoms with Crippen molar-refractivity contribution in [3.63, 3.8) is 0 Å². The lowest BCUT2D eigenvalue weighted by Gasteiger charge is -2.13. The summed E-state index contributed by atoms with van der Waals surface area (Å²) in [5, 5.41) is 4.49. The highest BCUT2D eigenvalue weighted by atomic mass is 32.2. The first kappa shape index (κ1) is 15.1. The van der Waals surface area contributed by atoms with Gasteiger partial charge in [-0.1, -0.05) is 0 Å². The van der Waals surface area contributed by atoms with Crippen molar-refractivity contribution in [1.82, 2.24) is 9.29 Å². The summed E-state index contributed by atoms with van der Waals surface area (Å²) in [6, 6.07) is 0. The number of Topliss-reactive ketones (excluding diaryl/α,β-unsaturated/α-hetero) is 1. The number of ketones is 1. The molecule has 1 aliphatic rings. The summed E-state index contributed by atoms with van der Waals surface area (Å²) < 4.78 is 24.4. The topological polar surface area (TPSA) is 96.4 Å². The largest absolute Gasteiger partial charge is 0.302 e. The van der Waals surface area contributed by atoms with Crippen LogP contribution < -0.4 is 5.32 Å². The molecule has 1 aromatic heterocycles. The molecule has 9 heteroatoms. The van der Waals surface area contributed by atoms with Gasteiger partial charge >= 0.3 is 0 Å². The van der Waals surface area contributed by atoms with E-state index in [1.54, 1.807) is 5.38 Å². The van der Waals surface area contributed by atoms with Gasteiger partial charge in [0.2, 0.25) is 15.9 Å². The summed E-state index contributed by atoms with van der Waals surface area (Å²) in [6.45, 7) is 2.05. The fraction of sp³-hybridized carbons (Fsp3) is 0.545. The van der Waals surface area contributed by atoms with Crippen LogP contribution in [0.2, 0.25) is 0 Å². The monoisotopic (exact) mass is 317 g/mol. The molecule has 1 aromatic rings. The number of sulfonamides is 1. The van der Waals surface area contributed by atoms with Gasteiger partial charge in [-0.3, -0.25) is 9.59 Å². The molecule has 110 valence electrons. The minimum absolute atomic E-state index is 0.0776.